The van der Waals surface area contributed by atoms with Crippen molar-refractivity contribution in [2.24, 2.45) is 0 Å². The highest BCUT2D eigenvalue weighted by atomic mass is 79.9. The number of amides is 1. The zero-order valence-corrected chi connectivity index (χ0v) is 11.7. The minimum atomic E-state index is -0.848. The monoisotopic (exact) mass is 345 g/mol. The number of anilines is 1. The number of halogens is 4. The predicted octanol–water partition coefficient (Wildman–Crippen LogP) is 4.63. The van der Waals surface area contributed by atoms with E-state index in [4.69, 9.17) is 11.6 Å². The molecular formula is C13H7BrClF2NO. The summed E-state index contributed by atoms with van der Waals surface area (Å²) in [6.07, 6.45) is 0. The van der Waals surface area contributed by atoms with Gasteiger partial charge >= 0.3 is 0 Å². The zero-order chi connectivity index (χ0) is 14.0. The van der Waals surface area contributed by atoms with Gasteiger partial charge in [-0.25, -0.2) is 8.78 Å². The van der Waals surface area contributed by atoms with Crippen LogP contribution in [0.1, 0.15) is 10.4 Å². The number of carbonyl (C=O) groups is 1. The highest BCUT2D eigenvalue weighted by Gasteiger charge is 2.13. The zero-order valence-electron chi connectivity index (χ0n) is 9.38. The first-order valence-corrected chi connectivity index (χ1v) is 6.36. The van der Waals surface area contributed by atoms with Crippen molar-refractivity contribution in [2.75, 3.05) is 5.32 Å². The molecule has 0 saturated heterocycles. The van der Waals surface area contributed by atoms with Gasteiger partial charge in [-0.3, -0.25) is 4.79 Å². The van der Waals surface area contributed by atoms with Crippen LogP contribution in [0.4, 0.5) is 14.5 Å². The fourth-order valence-electron chi connectivity index (χ4n) is 1.45. The Morgan fingerprint density at radius 3 is 2.58 bits per heavy atom. The molecule has 1 amide bonds. The molecule has 0 radical (unpaired) electrons. The SMILES string of the molecule is O=C(Nc1ccc(F)cc1F)c1cc(Br)ccc1Cl. The standard InChI is InChI=1S/C13H7BrClF2NO/c14-7-1-3-10(15)9(5-7)13(19)18-12-4-2-8(16)6-11(12)17/h1-6H,(H,18,19). The van der Waals surface area contributed by atoms with Crippen LogP contribution in [-0.2, 0) is 0 Å². The molecule has 1 N–H and O–H groups in total. The maximum absolute atomic E-state index is 13.4. The minimum Gasteiger partial charge on any atom is -0.319 e. The number of benzene rings is 2. The molecule has 0 unspecified atom stereocenters. The van der Waals surface area contributed by atoms with Gasteiger partial charge in [-0.05, 0) is 30.3 Å². The predicted molar refractivity (Wildman–Crippen MR) is 73.5 cm³/mol. The van der Waals surface area contributed by atoms with Crippen molar-refractivity contribution in [3.05, 3.63) is 63.1 Å². The fourth-order valence-corrected chi connectivity index (χ4v) is 2.02. The number of hydrogen-bond donors (Lipinski definition) is 1. The lowest BCUT2D eigenvalue weighted by molar-refractivity contribution is 0.102. The van der Waals surface area contributed by atoms with E-state index in [1.165, 1.54) is 6.07 Å². The third kappa shape index (κ3) is 3.30. The molecule has 2 aromatic carbocycles. The Balaban J connectivity index is 2.28. The topological polar surface area (TPSA) is 29.1 Å². The van der Waals surface area contributed by atoms with E-state index < -0.39 is 17.5 Å². The highest BCUT2D eigenvalue weighted by Crippen LogP contribution is 2.23. The minimum absolute atomic E-state index is 0.109. The van der Waals surface area contributed by atoms with Gasteiger partial charge in [0.05, 0.1) is 16.3 Å². The summed E-state index contributed by atoms with van der Waals surface area (Å²) in [5.74, 6) is -2.13. The molecule has 2 nitrogen and oxygen atoms in total. The van der Waals surface area contributed by atoms with Gasteiger partial charge in [0, 0.05) is 10.5 Å². The Morgan fingerprint density at radius 1 is 1.16 bits per heavy atom. The van der Waals surface area contributed by atoms with E-state index in [-0.39, 0.29) is 16.3 Å². The lowest BCUT2D eigenvalue weighted by Gasteiger charge is -2.08. The molecule has 0 heterocycles. The van der Waals surface area contributed by atoms with Gasteiger partial charge in [0.25, 0.3) is 5.91 Å². The average molecular weight is 347 g/mol. The molecule has 0 atom stereocenters. The van der Waals surface area contributed by atoms with Gasteiger partial charge in [-0.2, -0.15) is 0 Å². The number of hydrogen-bond acceptors (Lipinski definition) is 1. The Kier molecular flexibility index (Phi) is 4.17. The summed E-state index contributed by atoms with van der Waals surface area (Å²) in [6.45, 7) is 0. The molecule has 0 spiro atoms. The van der Waals surface area contributed by atoms with Crippen LogP contribution in [-0.4, -0.2) is 5.91 Å². The Labute approximate surface area is 121 Å². The van der Waals surface area contributed by atoms with Gasteiger partial charge in [-0.1, -0.05) is 27.5 Å². The van der Waals surface area contributed by atoms with E-state index in [0.29, 0.717) is 10.5 Å². The van der Waals surface area contributed by atoms with Gasteiger partial charge in [-0.15, -0.1) is 0 Å². The Bertz CT molecular complexity index is 649. The molecule has 2 rings (SSSR count). The van der Waals surface area contributed by atoms with Crippen molar-refractivity contribution in [3.63, 3.8) is 0 Å². The van der Waals surface area contributed by atoms with E-state index in [0.717, 1.165) is 12.1 Å². The summed E-state index contributed by atoms with van der Waals surface area (Å²) in [5, 5.41) is 2.57. The first kappa shape index (κ1) is 14.0. The van der Waals surface area contributed by atoms with Crippen molar-refractivity contribution in [3.8, 4) is 0 Å². The lowest BCUT2D eigenvalue weighted by Crippen LogP contribution is -2.13. The lowest BCUT2D eigenvalue weighted by atomic mass is 10.2. The molecule has 0 saturated carbocycles. The largest absolute Gasteiger partial charge is 0.319 e. The highest BCUT2D eigenvalue weighted by molar-refractivity contribution is 9.10. The van der Waals surface area contributed by atoms with Crippen LogP contribution in [0.25, 0.3) is 0 Å². The van der Waals surface area contributed by atoms with Gasteiger partial charge < -0.3 is 5.32 Å². The van der Waals surface area contributed by atoms with Crippen LogP contribution >= 0.6 is 27.5 Å². The molecule has 0 aliphatic rings. The summed E-state index contributed by atoms with van der Waals surface area (Å²) in [4.78, 5) is 11.9. The summed E-state index contributed by atoms with van der Waals surface area (Å²) in [5.41, 5.74) is 0.0854. The summed E-state index contributed by atoms with van der Waals surface area (Å²) in [7, 11) is 0. The van der Waals surface area contributed by atoms with Gasteiger partial charge in [0.1, 0.15) is 11.6 Å². The second kappa shape index (κ2) is 5.67. The van der Waals surface area contributed by atoms with Crippen LogP contribution in [0.15, 0.2) is 40.9 Å². The molecule has 2 aromatic rings. The van der Waals surface area contributed by atoms with Crippen LogP contribution in [0, 0.1) is 11.6 Å². The third-order valence-corrected chi connectivity index (χ3v) is 3.18. The molecule has 0 bridgehead atoms. The van der Waals surface area contributed by atoms with Crippen molar-refractivity contribution in [2.45, 2.75) is 0 Å². The summed E-state index contributed by atoms with van der Waals surface area (Å²) in [6, 6.07) is 7.63. The first-order valence-electron chi connectivity index (χ1n) is 5.19. The molecule has 0 aliphatic heterocycles. The quantitative estimate of drug-likeness (QED) is 0.844. The van der Waals surface area contributed by atoms with Crippen LogP contribution < -0.4 is 5.32 Å². The number of carbonyl (C=O) groups excluding carboxylic acids is 1. The van der Waals surface area contributed by atoms with Crippen molar-refractivity contribution in [1.29, 1.82) is 0 Å². The molecular weight excluding hydrogens is 340 g/mol. The van der Waals surface area contributed by atoms with Crippen molar-refractivity contribution in [1.82, 2.24) is 0 Å². The van der Waals surface area contributed by atoms with E-state index in [1.54, 1.807) is 12.1 Å². The van der Waals surface area contributed by atoms with Crippen LogP contribution in [0.5, 0.6) is 0 Å². The van der Waals surface area contributed by atoms with Crippen LogP contribution in [0.2, 0.25) is 5.02 Å². The summed E-state index contributed by atoms with van der Waals surface area (Å²) < 4.78 is 26.8. The first-order chi connectivity index (χ1) is 8.97. The molecule has 98 valence electrons. The van der Waals surface area contributed by atoms with E-state index in [9.17, 15) is 13.6 Å². The molecule has 0 fully saturated rings. The van der Waals surface area contributed by atoms with Gasteiger partial charge in [0.15, 0.2) is 0 Å². The molecule has 19 heavy (non-hydrogen) atoms. The maximum Gasteiger partial charge on any atom is 0.257 e. The smallest absolute Gasteiger partial charge is 0.257 e. The second-order valence-electron chi connectivity index (χ2n) is 3.70. The molecule has 0 aromatic heterocycles. The van der Waals surface area contributed by atoms with Gasteiger partial charge in [0.2, 0.25) is 0 Å². The second-order valence-corrected chi connectivity index (χ2v) is 5.03. The fraction of sp³-hybridized carbons (Fsp3) is 0. The maximum atomic E-state index is 13.4. The van der Waals surface area contributed by atoms with E-state index in [1.807, 2.05) is 0 Å². The number of rotatable bonds is 2. The summed E-state index contributed by atoms with van der Waals surface area (Å²) >= 11 is 9.10. The third-order valence-electron chi connectivity index (χ3n) is 2.35. The molecule has 6 heteroatoms. The van der Waals surface area contributed by atoms with Crippen LogP contribution in [0.3, 0.4) is 0 Å². The molecule has 0 aliphatic carbocycles. The van der Waals surface area contributed by atoms with Crippen molar-refractivity contribution >= 4 is 39.1 Å². The Hall–Kier alpha value is -1.46. The van der Waals surface area contributed by atoms with E-state index >= 15 is 0 Å². The normalized spacial score (nSPS) is 10.3. The van der Waals surface area contributed by atoms with E-state index in [2.05, 4.69) is 21.2 Å². The van der Waals surface area contributed by atoms with Crippen molar-refractivity contribution < 1.29 is 13.6 Å². The average Bonchev–Trinajstić information content (AvgIpc) is 2.35. The Morgan fingerprint density at radius 2 is 1.89 bits per heavy atom. The number of nitrogens with one attached hydrogen (secondary N) is 1.